The molecule has 16 heavy (non-hydrogen) atoms. The van der Waals surface area contributed by atoms with E-state index >= 15 is 0 Å². The fraction of sp³-hybridized carbons (Fsp3) is 0.167. The fourth-order valence-corrected chi connectivity index (χ4v) is 2.07. The highest BCUT2D eigenvalue weighted by Gasteiger charge is 2.20. The minimum absolute atomic E-state index is 0.0290. The van der Waals surface area contributed by atoms with E-state index in [-0.39, 0.29) is 5.91 Å². The molecule has 0 atom stereocenters. The zero-order valence-corrected chi connectivity index (χ0v) is 8.90. The summed E-state index contributed by atoms with van der Waals surface area (Å²) in [5, 5.41) is 2.87. The SMILES string of the molecule is Cc1ncc2n1-c1ccccc1C(=O)NC2. The Bertz CT molecular complexity index is 571. The van der Waals surface area contributed by atoms with E-state index < -0.39 is 0 Å². The van der Waals surface area contributed by atoms with Gasteiger partial charge in [0.15, 0.2) is 0 Å². The van der Waals surface area contributed by atoms with Crippen LogP contribution in [0.2, 0.25) is 0 Å². The van der Waals surface area contributed by atoms with Crippen LogP contribution in [0.4, 0.5) is 0 Å². The van der Waals surface area contributed by atoms with Gasteiger partial charge >= 0.3 is 0 Å². The molecular weight excluding hydrogens is 202 g/mol. The van der Waals surface area contributed by atoms with Gasteiger partial charge in [0.05, 0.1) is 29.7 Å². The van der Waals surface area contributed by atoms with Crippen LogP contribution in [0.15, 0.2) is 30.5 Å². The highest BCUT2D eigenvalue weighted by Crippen LogP contribution is 2.21. The van der Waals surface area contributed by atoms with Gasteiger partial charge in [-0.2, -0.15) is 0 Å². The van der Waals surface area contributed by atoms with E-state index in [1.807, 2.05) is 35.8 Å². The zero-order valence-electron chi connectivity index (χ0n) is 8.90. The molecule has 0 radical (unpaired) electrons. The lowest BCUT2D eigenvalue weighted by molar-refractivity contribution is 0.0953. The van der Waals surface area contributed by atoms with Crippen LogP contribution in [-0.2, 0) is 6.54 Å². The number of hydrogen-bond donors (Lipinski definition) is 1. The second-order valence-electron chi connectivity index (χ2n) is 3.83. The van der Waals surface area contributed by atoms with Crippen LogP contribution in [-0.4, -0.2) is 15.5 Å². The second-order valence-corrected chi connectivity index (χ2v) is 3.83. The monoisotopic (exact) mass is 213 g/mol. The van der Waals surface area contributed by atoms with E-state index in [9.17, 15) is 4.79 Å². The maximum Gasteiger partial charge on any atom is 0.253 e. The summed E-state index contributed by atoms with van der Waals surface area (Å²) in [7, 11) is 0. The number of amides is 1. The van der Waals surface area contributed by atoms with Crippen molar-refractivity contribution in [1.29, 1.82) is 0 Å². The number of nitrogens with one attached hydrogen (secondary N) is 1. The largest absolute Gasteiger partial charge is 0.346 e. The topological polar surface area (TPSA) is 46.9 Å². The van der Waals surface area contributed by atoms with Gasteiger partial charge in [0.2, 0.25) is 0 Å². The smallest absolute Gasteiger partial charge is 0.253 e. The molecule has 0 aliphatic carbocycles. The number of rotatable bonds is 0. The van der Waals surface area contributed by atoms with Gasteiger partial charge in [-0.1, -0.05) is 12.1 Å². The Labute approximate surface area is 92.9 Å². The normalized spacial score (nSPS) is 13.7. The molecule has 1 aliphatic heterocycles. The molecule has 0 spiro atoms. The summed E-state index contributed by atoms with van der Waals surface area (Å²) >= 11 is 0. The highest BCUT2D eigenvalue weighted by molar-refractivity contribution is 5.98. The van der Waals surface area contributed by atoms with E-state index in [4.69, 9.17) is 0 Å². The number of imidazole rings is 1. The zero-order chi connectivity index (χ0) is 11.1. The van der Waals surface area contributed by atoms with Gasteiger partial charge in [-0.3, -0.25) is 9.36 Å². The lowest BCUT2D eigenvalue weighted by atomic mass is 10.1. The molecule has 0 saturated heterocycles. The summed E-state index contributed by atoms with van der Waals surface area (Å²) in [6, 6.07) is 7.58. The maximum atomic E-state index is 11.8. The number of para-hydroxylation sites is 1. The Morgan fingerprint density at radius 1 is 1.38 bits per heavy atom. The number of hydrogen-bond acceptors (Lipinski definition) is 2. The summed E-state index contributed by atoms with van der Waals surface area (Å²) in [5.41, 5.74) is 2.61. The van der Waals surface area contributed by atoms with Crippen molar-refractivity contribution in [3.63, 3.8) is 0 Å². The number of carbonyl (C=O) groups excluding carboxylic acids is 1. The van der Waals surface area contributed by atoms with Gasteiger partial charge < -0.3 is 5.32 Å². The summed E-state index contributed by atoms with van der Waals surface area (Å²) < 4.78 is 2.02. The standard InChI is InChI=1S/C12H11N3O/c1-8-13-6-9-7-14-12(16)10-4-2-3-5-11(10)15(8)9/h2-6H,7H2,1H3,(H,14,16). The van der Waals surface area contributed by atoms with Crippen LogP contribution in [0.1, 0.15) is 21.9 Å². The molecule has 1 amide bonds. The number of benzene rings is 1. The quantitative estimate of drug-likeness (QED) is 0.719. The fourth-order valence-electron chi connectivity index (χ4n) is 2.07. The molecule has 80 valence electrons. The van der Waals surface area contributed by atoms with Crippen LogP contribution in [0.25, 0.3) is 5.69 Å². The van der Waals surface area contributed by atoms with Crippen molar-refractivity contribution in [2.24, 2.45) is 0 Å². The number of aromatic nitrogens is 2. The van der Waals surface area contributed by atoms with Crippen molar-refractivity contribution in [3.05, 3.63) is 47.5 Å². The predicted octanol–water partition coefficient (Wildman–Crippen LogP) is 1.42. The predicted molar refractivity (Wildman–Crippen MR) is 59.5 cm³/mol. The van der Waals surface area contributed by atoms with Gasteiger partial charge in [-0.05, 0) is 19.1 Å². The molecule has 2 aromatic rings. The lowest BCUT2D eigenvalue weighted by Gasteiger charge is -2.08. The number of carbonyl (C=O) groups is 1. The lowest BCUT2D eigenvalue weighted by Crippen LogP contribution is -2.21. The Morgan fingerprint density at radius 2 is 2.19 bits per heavy atom. The van der Waals surface area contributed by atoms with Crippen LogP contribution >= 0.6 is 0 Å². The molecule has 4 nitrogen and oxygen atoms in total. The van der Waals surface area contributed by atoms with Gasteiger partial charge in [0, 0.05) is 0 Å². The van der Waals surface area contributed by atoms with E-state index in [1.165, 1.54) is 0 Å². The van der Waals surface area contributed by atoms with Crippen LogP contribution in [0, 0.1) is 6.92 Å². The summed E-state index contributed by atoms with van der Waals surface area (Å²) in [6.07, 6.45) is 1.80. The Kier molecular flexibility index (Phi) is 1.83. The first-order valence-corrected chi connectivity index (χ1v) is 5.18. The van der Waals surface area contributed by atoms with Gasteiger partial charge in [-0.25, -0.2) is 4.98 Å². The average molecular weight is 213 g/mol. The number of nitrogens with zero attached hydrogens (tertiary/aromatic N) is 2. The van der Waals surface area contributed by atoms with Crippen LogP contribution in [0.3, 0.4) is 0 Å². The van der Waals surface area contributed by atoms with Crippen molar-refractivity contribution in [2.45, 2.75) is 13.5 Å². The first-order valence-electron chi connectivity index (χ1n) is 5.18. The molecule has 4 heteroatoms. The second kappa shape index (κ2) is 3.20. The van der Waals surface area contributed by atoms with Crippen molar-refractivity contribution < 1.29 is 4.79 Å². The minimum atomic E-state index is -0.0290. The number of fused-ring (bicyclic) bond motifs is 3. The maximum absolute atomic E-state index is 11.8. The third-order valence-electron chi connectivity index (χ3n) is 2.83. The van der Waals surface area contributed by atoms with Crippen LogP contribution in [0.5, 0.6) is 0 Å². The molecule has 0 saturated carbocycles. The molecule has 1 aliphatic rings. The molecule has 1 aromatic carbocycles. The van der Waals surface area contributed by atoms with E-state index in [2.05, 4.69) is 10.3 Å². The van der Waals surface area contributed by atoms with Crippen molar-refractivity contribution in [2.75, 3.05) is 0 Å². The highest BCUT2D eigenvalue weighted by atomic mass is 16.1. The summed E-state index contributed by atoms with van der Waals surface area (Å²) in [5.74, 6) is 0.873. The summed E-state index contributed by atoms with van der Waals surface area (Å²) in [4.78, 5) is 16.1. The molecular formula is C12H11N3O. The Morgan fingerprint density at radius 3 is 3.06 bits per heavy atom. The first kappa shape index (κ1) is 9.15. The Hall–Kier alpha value is -2.10. The molecule has 0 unspecified atom stereocenters. The van der Waals surface area contributed by atoms with Crippen molar-refractivity contribution >= 4 is 5.91 Å². The van der Waals surface area contributed by atoms with E-state index in [0.29, 0.717) is 12.1 Å². The molecule has 3 rings (SSSR count). The molecule has 0 bridgehead atoms. The third kappa shape index (κ3) is 1.16. The van der Waals surface area contributed by atoms with Gasteiger partial charge in [-0.15, -0.1) is 0 Å². The van der Waals surface area contributed by atoms with Gasteiger partial charge in [0.25, 0.3) is 5.91 Å². The van der Waals surface area contributed by atoms with Gasteiger partial charge in [0.1, 0.15) is 5.82 Å². The average Bonchev–Trinajstić information content (AvgIpc) is 2.60. The van der Waals surface area contributed by atoms with Crippen molar-refractivity contribution in [1.82, 2.24) is 14.9 Å². The Balaban J connectivity index is 2.35. The number of aryl methyl sites for hydroxylation is 1. The molecule has 0 fully saturated rings. The minimum Gasteiger partial charge on any atom is -0.346 e. The molecule has 1 N–H and O–H groups in total. The molecule has 2 heterocycles. The van der Waals surface area contributed by atoms with E-state index in [1.54, 1.807) is 6.20 Å². The summed E-state index contributed by atoms with van der Waals surface area (Å²) in [6.45, 7) is 2.46. The van der Waals surface area contributed by atoms with E-state index in [0.717, 1.165) is 17.2 Å². The van der Waals surface area contributed by atoms with Crippen molar-refractivity contribution in [3.8, 4) is 5.69 Å². The third-order valence-corrected chi connectivity index (χ3v) is 2.83. The van der Waals surface area contributed by atoms with Crippen LogP contribution < -0.4 is 5.32 Å². The first-order chi connectivity index (χ1) is 7.77. The molecule has 1 aromatic heterocycles.